The third-order valence-electron chi connectivity index (χ3n) is 5.15. The third kappa shape index (κ3) is 6.65. The van der Waals surface area contributed by atoms with Crippen molar-refractivity contribution in [2.45, 2.75) is 70.3 Å². The second-order valence-corrected chi connectivity index (χ2v) is 10.0. The van der Waals surface area contributed by atoms with E-state index < -0.39 is 53.9 Å². The van der Waals surface area contributed by atoms with Crippen LogP contribution in [0.15, 0.2) is 35.7 Å². The first-order valence-electron chi connectivity index (χ1n) is 10.6. The predicted molar refractivity (Wildman–Crippen MR) is 114 cm³/mol. The van der Waals surface area contributed by atoms with Crippen molar-refractivity contribution < 1.29 is 40.6 Å². The smallest absolute Gasteiger partial charge is 0.416 e. The summed E-state index contributed by atoms with van der Waals surface area (Å²) in [5, 5.41) is 1.82. The van der Waals surface area contributed by atoms with E-state index in [-0.39, 0.29) is 11.6 Å². The Hall–Kier alpha value is -2.27. The highest BCUT2D eigenvalue weighted by Gasteiger charge is 2.40. The van der Waals surface area contributed by atoms with Gasteiger partial charge in [-0.15, -0.1) is 11.3 Å². The van der Waals surface area contributed by atoms with Crippen molar-refractivity contribution in [2.75, 3.05) is 6.54 Å². The van der Waals surface area contributed by atoms with E-state index in [2.05, 4.69) is 0 Å². The number of amides is 1. The Morgan fingerprint density at radius 1 is 1.06 bits per heavy atom. The summed E-state index contributed by atoms with van der Waals surface area (Å²) >= 11 is 1.38. The average Bonchev–Trinajstić information content (AvgIpc) is 3.23. The van der Waals surface area contributed by atoms with E-state index in [4.69, 9.17) is 9.47 Å². The lowest BCUT2D eigenvalue weighted by molar-refractivity contribution is -0.143. The Bertz CT molecular complexity index is 950. The Morgan fingerprint density at radius 3 is 2.18 bits per heavy atom. The van der Waals surface area contributed by atoms with Crippen LogP contribution in [0.25, 0.3) is 0 Å². The van der Waals surface area contributed by atoms with Crippen molar-refractivity contribution in [3.63, 3.8) is 0 Å². The molecular formula is C23H25F6NO3S. The van der Waals surface area contributed by atoms with Crippen molar-refractivity contribution in [3.05, 3.63) is 57.3 Å². The molecular weight excluding hydrogens is 484 g/mol. The molecule has 0 N–H and O–H groups in total. The fourth-order valence-corrected chi connectivity index (χ4v) is 4.65. The van der Waals surface area contributed by atoms with Gasteiger partial charge in [-0.3, -0.25) is 4.90 Å². The van der Waals surface area contributed by atoms with Crippen LogP contribution in [-0.2, 0) is 28.4 Å². The summed E-state index contributed by atoms with van der Waals surface area (Å²) in [6, 6.07) is 4.43. The Balaban J connectivity index is 1.87. The SMILES string of the molecule is CC(C)(C)OC(=O)N1CCC[C@@H](OCc2cc(C(F)(F)F)cc(C(F)(F)F)c2)[C@H]1c1cccs1. The van der Waals surface area contributed by atoms with Gasteiger partial charge in [0.05, 0.1) is 29.9 Å². The van der Waals surface area contributed by atoms with Crippen molar-refractivity contribution in [1.82, 2.24) is 4.90 Å². The fourth-order valence-electron chi connectivity index (χ4n) is 3.76. The van der Waals surface area contributed by atoms with Crippen molar-refractivity contribution in [1.29, 1.82) is 0 Å². The maximum Gasteiger partial charge on any atom is 0.416 e. The van der Waals surface area contributed by atoms with Crippen LogP contribution in [0.4, 0.5) is 31.1 Å². The molecule has 1 aliphatic rings. The topological polar surface area (TPSA) is 38.8 Å². The van der Waals surface area contributed by atoms with E-state index in [9.17, 15) is 31.1 Å². The Labute approximate surface area is 197 Å². The predicted octanol–water partition coefficient (Wildman–Crippen LogP) is 7.44. The summed E-state index contributed by atoms with van der Waals surface area (Å²) in [5.41, 5.74) is -3.78. The molecule has 1 amide bonds. The highest BCUT2D eigenvalue weighted by atomic mass is 32.1. The van der Waals surface area contributed by atoms with Gasteiger partial charge >= 0.3 is 18.4 Å². The number of rotatable bonds is 4. The summed E-state index contributed by atoms with van der Waals surface area (Å²) in [6.45, 7) is 5.11. The maximum atomic E-state index is 13.2. The number of ether oxygens (including phenoxy) is 2. The first-order valence-corrected chi connectivity index (χ1v) is 11.5. The molecule has 0 unspecified atom stereocenters. The number of halogens is 6. The molecule has 0 radical (unpaired) electrons. The molecule has 0 aliphatic carbocycles. The molecule has 2 aromatic rings. The number of thiophene rings is 1. The van der Waals surface area contributed by atoms with Crippen LogP contribution < -0.4 is 0 Å². The summed E-state index contributed by atoms with van der Waals surface area (Å²) < 4.78 is 90.5. The van der Waals surface area contributed by atoms with Crippen LogP contribution in [-0.4, -0.2) is 29.2 Å². The van der Waals surface area contributed by atoms with Gasteiger partial charge in [-0.05, 0) is 68.8 Å². The molecule has 4 nitrogen and oxygen atoms in total. The van der Waals surface area contributed by atoms with Crippen molar-refractivity contribution in [3.8, 4) is 0 Å². The Kier molecular flexibility index (Phi) is 7.57. The summed E-state index contributed by atoms with van der Waals surface area (Å²) in [5.74, 6) is 0. The number of likely N-dealkylation sites (tertiary alicyclic amines) is 1. The summed E-state index contributed by atoms with van der Waals surface area (Å²) in [6.07, 6.45) is -10.0. The minimum absolute atomic E-state index is 0.0861. The number of hydrogen-bond acceptors (Lipinski definition) is 4. The molecule has 1 aliphatic heterocycles. The molecule has 188 valence electrons. The monoisotopic (exact) mass is 509 g/mol. The van der Waals surface area contributed by atoms with Gasteiger partial charge in [0.25, 0.3) is 0 Å². The molecule has 11 heteroatoms. The largest absolute Gasteiger partial charge is 0.444 e. The Morgan fingerprint density at radius 2 is 1.68 bits per heavy atom. The van der Waals surface area contributed by atoms with E-state index >= 15 is 0 Å². The number of nitrogens with zero attached hydrogens (tertiary/aromatic N) is 1. The molecule has 2 heterocycles. The normalized spacial score (nSPS) is 19.9. The van der Waals surface area contributed by atoms with Crippen LogP contribution in [0.2, 0.25) is 0 Å². The third-order valence-corrected chi connectivity index (χ3v) is 6.09. The standard InChI is InChI=1S/C23H25F6NO3S/c1-21(2,3)33-20(31)30-8-4-6-17(19(30)18-7-5-9-34-18)32-13-14-10-15(22(24,25)26)12-16(11-14)23(27,28)29/h5,7,9-12,17,19H,4,6,8,13H2,1-3H3/t17-,19+/m1/s1. The summed E-state index contributed by atoms with van der Waals surface area (Å²) in [7, 11) is 0. The van der Waals surface area contributed by atoms with E-state index in [1.165, 1.54) is 16.2 Å². The van der Waals surface area contributed by atoms with Crippen LogP contribution in [0.5, 0.6) is 0 Å². The molecule has 1 aromatic carbocycles. The van der Waals surface area contributed by atoms with Gasteiger partial charge < -0.3 is 9.47 Å². The number of alkyl halides is 6. The van der Waals surface area contributed by atoms with Crippen LogP contribution in [0.3, 0.4) is 0 Å². The van der Waals surface area contributed by atoms with Gasteiger partial charge in [-0.25, -0.2) is 4.79 Å². The van der Waals surface area contributed by atoms with Gasteiger partial charge in [-0.1, -0.05) is 6.07 Å². The maximum absolute atomic E-state index is 13.2. The van der Waals surface area contributed by atoms with Gasteiger partial charge in [0, 0.05) is 11.4 Å². The zero-order chi connectivity index (χ0) is 25.3. The second kappa shape index (κ2) is 9.77. The number of benzene rings is 1. The van der Waals surface area contributed by atoms with E-state index in [0.717, 1.165) is 4.88 Å². The molecule has 34 heavy (non-hydrogen) atoms. The van der Waals surface area contributed by atoms with Gasteiger partial charge in [0.15, 0.2) is 0 Å². The molecule has 3 rings (SSSR count). The molecule has 1 saturated heterocycles. The zero-order valence-corrected chi connectivity index (χ0v) is 19.6. The minimum Gasteiger partial charge on any atom is -0.444 e. The van der Waals surface area contributed by atoms with E-state index in [1.807, 2.05) is 5.38 Å². The number of hydrogen-bond donors (Lipinski definition) is 0. The van der Waals surface area contributed by atoms with E-state index in [1.54, 1.807) is 32.9 Å². The second-order valence-electron chi connectivity index (χ2n) is 9.04. The van der Waals surface area contributed by atoms with Gasteiger partial charge in [0.2, 0.25) is 0 Å². The summed E-state index contributed by atoms with van der Waals surface area (Å²) in [4.78, 5) is 15.2. The molecule has 1 fully saturated rings. The van der Waals surface area contributed by atoms with Crippen molar-refractivity contribution in [2.24, 2.45) is 0 Å². The first kappa shape index (κ1) is 26.3. The molecule has 0 spiro atoms. The fraction of sp³-hybridized carbons (Fsp3) is 0.522. The van der Waals surface area contributed by atoms with Crippen LogP contribution >= 0.6 is 11.3 Å². The van der Waals surface area contributed by atoms with E-state index in [0.29, 0.717) is 31.5 Å². The highest BCUT2D eigenvalue weighted by Crippen LogP contribution is 2.39. The minimum atomic E-state index is -4.94. The highest BCUT2D eigenvalue weighted by molar-refractivity contribution is 7.10. The van der Waals surface area contributed by atoms with Gasteiger partial charge in [-0.2, -0.15) is 26.3 Å². The molecule has 0 saturated carbocycles. The van der Waals surface area contributed by atoms with Crippen molar-refractivity contribution >= 4 is 17.4 Å². The number of carbonyl (C=O) groups excluding carboxylic acids is 1. The molecule has 0 bridgehead atoms. The lowest BCUT2D eigenvalue weighted by Gasteiger charge is -2.41. The number of piperidine rings is 1. The van der Waals surface area contributed by atoms with Crippen LogP contribution in [0.1, 0.15) is 61.2 Å². The number of carbonyl (C=O) groups is 1. The average molecular weight is 510 g/mol. The van der Waals surface area contributed by atoms with Crippen LogP contribution in [0, 0.1) is 0 Å². The zero-order valence-electron chi connectivity index (χ0n) is 18.8. The molecule has 2 atom stereocenters. The van der Waals surface area contributed by atoms with Gasteiger partial charge in [0.1, 0.15) is 5.60 Å². The molecule has 1 aromatic heterocycles. The lowest BCUT2D eigenvalue weighted by atomic mass is 9.97. The lowest BCUT2D eigenvalue weighted by Crippen LogP contribution is -2.47. The first-order chi connectivity index (χ1) is 15.6. The quantitative estimate of drug-likeness (QED) is 0.402.